The molecule has 1 fully saturated rings. The highest BCUT2D eigenvalue weighted by Gasteiger charge is 2.33. The number of halogens is 4. The van der Waals surface area contributed by atoms with Crippen LogP contribution in [0.2, 0.25) is 5.28 Å². The molecule has 3 rings (SSSR count). The summed E-state index contributed by atoms with van der Waals surface area (Å²) in [6.07, 6.45) is 0.260. The molecule has 2 heterocycles. The first-order valence-electron chi connectivity index (χ1n) is 8.69. The van der Waals surface area contributed by atoms with E-state index in [1.165, 1.54) is 6.07 Å². The molecule has 1 saturated heterocycles. The molecule has 1 aromatic heterocycles. The standard InChI is InChI=1S/C18H20BrClF2N4O2/c1-18(2,3)28-17(27)26-6-5-9(8-26)25(4)15-10-7-11(21)12(19)13(22)14(10)23-16(20)24-15/h7,9H,5-6,8H2,1-4H3. The Morgan fingerprint density at radius 3 is 2.71 bits per heavy atom. The normalized spacial score (nSPS) is 17.3. The second kappa shape index (κ2) is 7.59. The molecule has 152 valence electrons. The Bertz CT molecular complexity index is 938. The van der Waals surface area contributed by atoms with Crippen LogP contribution >= 0.6 is 27.5 Å². The third-order valence-electron chi connectivity index (χ3n) is 4.48. The quantitative estimate of drug-likeness (QED) is 0.461. The fourth-order valence-electron chi connectivity index (χ4n) is 3.12. The number of carbonyl (C=O) groups is 1. The predicted molar refractivity (Wildman–Crippen MR) is 107 cm³/mol. The van der Waals surface area contributed by atoms with Gasteiger partial charge in [0, 0.05) is 31.6 Å². The van der Waals surface area contributed by atoms with Gasteiger partial charge >= 0.3 is 6.09 Å². The number of anilines is 1. The first kappa shape index (κ1) is 21.0. The fraction of sp³-hybridized carbons (Fsp3) is 0.500. The summed E-state index contributed by atoms with van der Waals surface area (Å²) in [7, 11) is 1.75. The number of hydrogen-bond donors (Lipinski definition) is 0. The molecule has 1 aromatic carbocycles. The van der Waals surface area contributed by atoms with Gasteiger partial charge < -0.3 is 14.5 Å². The lowest BCUT2D eigenvalue weighted by atomic mass is 10.1. The zero-order chi connectivity index (χ0) is 20.8. The predicted octanol–water partition coefficient (Wildman–Crippen LogP) is 4.77. The Morgan fingerprint density at radius 1 is 1.39 bits per heavy atom. The van der Waals surface area contributed by atoms with E-state index >= 15 is 0 Å². The first-order chi connectivity index (χ1) is 13.0. The molecular formula is C18H20BrClF2N4O2. The number of benzene rings is 1. The van der Waals surface area contributed by atoms with Crippen molar-refractivity contribution in [1.82, 2.24) is 14.9 Å². The van der Waals surface area contributed by atoms with Crippen molar-refractivity contribution in [2.45, 2.75) is 38.8 Å². The minimum atomic E-state index is -0.837. The van der Waals surface area contributed by atoms with Gasteiger partial charge in [-0.25, -0.2) is 18.6 Å². The van der Waals surface area contributed by atoms with Crippen molar-refractivity contribution in [3.05, 3.63) is 27.5 Å². The zero-order valence-electron chi connectivity index (χ0n) is 15.9. The Morgan fingerprint density at radius 2 is 2.07 bits per heavy atom. The second-order valence-corrected chi connectivity index (χ2v) is 8.81. The average Bonchev–Trinajstić information content (AvgIpc) is 3.08. The van der Waals surface area contributed by atoms with Crippen molar-refractivity contribution >= 4 is 50.3 Å². The van der Waals surface area contributed by atoms with Gasteiger partial charge in [-0.15, -0.1) is 0 Å². The van der Waals surface area contributed by atoms with Gasteiger partial charge in [-0.05, 0) is 60.8 Å². The van der Waals surface area contributed by atoms with Gasteiger partial charge in [0.1, 0.15) is 22.8 Å². The molecule has 1 unspecified atom stereocenters. The van der Waals surface area contributed by atoms with Gasteiger partial charge in [-0.2, -0.15) is 4.98 Å². The molecule has 1 amide bonds. The fourth-order valence-corrected chi connectivity index (χ4v) is 3.59. The van der Waals surface area contributed by atoms with E-state index in [0.717, 1.165) is 0 Å². The number of carbonyl (C=O) groups excluding carboxylic acids is 1. The number of hydrogen-bond acceptors (Lipinski definition) is 5. The van der Waals surface area contributed by atoms with Crippen LogP contribution in [-0.4, -0.2) is 52.7 Å². The number of ether oxygens (including phenoxy) is 1. The van der Waals surface area contributed by atoms with Crippen molar-refractivity contribution < 1.29 is 18.3 Å². The topological polar surface area (TPSA) is 58.6 Å². The number of amides is 1. The maximum absolute atomic E-state index is 14.5. The summed E-state index contributed by atoms with van der Waals surface area (Å²) in [5.41, 5.74) is -0.656. The van der Waals surface area contributed by atoms with Crippen molar-refractivity contribution in [2.75, 3.05) is 25.0 Å². The monoisotopic (exact) mass is 476 g/mol. The van der Waals surface area contributed by atoms with Gasteiger partial charge in [0.25, 0.3) is 0 Å². The molecule has 0 radical (unpaired) electrons. The number of aromatic nitrogens is 2. The number of likely N-dealkylation sites (N-methyl/N-ethyl adjacent to an activating group) is 1. The molecule has 1 aliphatic rings. The van der Waals surface area contributed by atoms with Crippen molar-refractivity contribution in [3.63, 3.8) is 0 Å². The molecule has 28 heavy (non-hydrogen) atoms. The van der Waals surface area contributed by atoms with E-state index in [2.05, 4.69) is 25.9 Å². The average molecular weight is 478 g/mol. The lowest BCUT2D eigenvalue weighted by Gasteiger charge is -2.28. The van der Waals surface area contributed by atoms with Crippen LogP contribution in [-0.2, 0) is 4.74 Å². The molecule has 0 saturated carbocycles. The van der Waals surface area contributed by atoms with Crippen molar-refractivity contribution in [1.29, 1.82) is 0 Å². The summed E-state index contributed by atoms with van der Waals surface area (Å²) < 4.78 is 33.7. The summed E-state index contributed by atoms with van der Waals surface area (Å²) in [6.45, 7) is 6.33. The smallest absolute Gasteiger partial charge is 0.410 e. The Kier molecular flexibility index (Phi) is 5.69. The Hall–Kier alpha value is -1.74. The number of fused-ring (bicyclic) bond motifs is 1. The van der Waals surface area contributed by atoms with Gasteiger partial charge in [0.05, 0.1) is 4.47 Å². The van der Waals surface area contributed by atoms with E-state index < -0.39 is 23.3 Å². The van der Waals surface area contributed by atoms with E-state index in [9.17, 15) is 13.6 Å². The van der Waals surface area contributed by atoms with Gasteiger partial charge in [-0.3, -0.25) is 0 Å². The van der Waals surface area contributed by atoms with Crippen LogP contribution in [0, 0.1) is 11.6 Å². The lowest BCUT2D eigenvalue weighted by Crippen LogP contribution is -2.39. The van der Waals surface area contributed by atoms with Crippen LogP contribution in [0.5, 0.6) is 0 Å². The number of nitrogens with zero attached hydrogens (tertiary/aromatic N) is 4. The summed E-state index contributed by atoms with van der Waals surface area (Å²) in [6, 6.07) is 1.06. The minimum absolute atomic E-state index is 0.0721. The molecule has 2 aromatic rings. The highest BCUT2D eigenvalue weighted by molar-refractivity contribution is 9.10. The first-order valence-corrected chi connectivity index (χ1v) is 9.86. The van der Waals surface area contributed by atoms with Crippen molar-refractivity contribution in [3.8, 4) is 0 Å². The minimum Gasteiger partial charge on any atom is -0.444 e. The van der Waals surface area contributed by atoms with Gasteiger partial charge in [0.15, 0.2) is 5.82 Å². The summed E-state index contributed by atoms with van der Waals surface area (Å²) in [5, 5.41) is 0.0644. The van der Waals surface area contributed by atoms with Crippen LogP contribution in [0.3, 0.4) is 0 Å². The molecule has 0 spiro atoms. The van der Waals surface area contributed by atoms with E-state index in [-0.39, 0.29) is 26.7 Å². The summed E-state index contributed by atoms with van der Waals surface area (Å²) in [5.74, 6) is -1.29. The largest absolute Gasteiger partial charge is 0.444 e. The molecule has 1 aliphatic heterocycles. The van der Waals surface area contributed by atoms with Crippen LogP contribution < -0.4 is 4.90 Å². The van der Waals surface area contributed by atoms with E-state index in [1.54, 1.807) is 37.6 Å². The van der Waals surface area contributed by atoms with E-state index in [4.69, 9.17) is 16.3 Å². The molecule has 10 heteroatoms. The van der Waals surface area contributed by atoms with E-state index in [0.29, 0.717) is 25.3 Å². The number of rotatable bonds is 2. The molecule has 0 aliphatic carbocycles. The molecule has 0 N–H and O–H groups in total. The van der Waals surface area contributed by atoms with Crippen molar-refractivity contribution in [2.24, 2.45) is 0 Å². The van der Waals surface area contributed by atoms with Gasteiger partial charge in [0.2, 0.25) is 5.28 Å². The van der Waals surface area contributed by atoms with Crippen LogP contribution in [0.25, 0.3) is 10.9 Å². The third kappa shape index (κ3) is 4.15. The molecule has 0 bridgehead atoms. The highest BCUT2D eigenvalue weighted by Crippen LogP contribution is 2.34. The van der Waals surface area contributed by atoms with Crippen LogP contribution in [0.1, 0.15) is 27.2 Å². The van der Waals surface area contributed by atoms with Gasteiger partial charge in [-0.1, -0.05) is 0 Å². The lowest BCUT2D eigenvalue weighted by molar-refractivity contribution is 0.0292. The van der Waals surface area contributed by atoms with E-state index in [1.807, 2.05) is 0 Å². The molecular weight excluding hydrogens is 458 g/mol. The summed E-state index contributed by atoms with van der Waals surface area (Å²) in [4.78, 5) is 23.8. The maximum Gasteiger partial charge on any atom is 0.410 e. The SMILES string of the molecule is CN(c1nc(Cl)nc2c(F)c(Br)c(F)cc12)C1CCN(C(=O)OC(C)(C)C)C1. The summed E-state index contributed by atoms with van der Waals surface area (Å²) >= 11 is 8.86. The maximum atomic E-state index is 14.5. The second-order valence-electron chi connectivity index (χ2n) is 7.68. The number of likely N-dealkylation sites (tertiary alicyclic amines) is 1. The molecule has 1 atom stereocenters. The van der Waals surface area contributed by atoms with Crippen LogP contribution in [0.4, 0.5) is 19.4 Å². The zero-order valence-corrected chi connectivity index (χ0v) is 18.2. The molecule has 6 nitrogen and oxygen atoms in total. The Labute approximate surface area is 174 Å². The van der Waals surface area contributed by atoms with Crippen LogP contribution in [0.15, 0.2) is 10.5 Å². The Balaban J connectivity index is 1.90. The third-order valence-corrected chi connectivity index (χ3v) is 5.37. The highest BCUT2D eigenvalue weighted by atomic mass is 79.9.